The highest BCUT2D eigenvalue weighted by Crippen LogP contribution is 2.21. The van der Waals surface area contributed by atoms with Crippen molar-refractivity contribution >= 4 is 0 Å². The average Bonchev–Trinajstić information content (AvgIpc) is 2.42. The van der Waals surface area contributed by atoms with Crippen LogP contribution in [0.1, 0.15) is 45.5 Å². The Morgan fingerprint density at radius 3 is 2.47 bits per heavy atom. The number of rotatable bonds is 3. The Kier molecular flexibility index (Phi) is 3.55. The first-order chi connectivity index (χ1) is 6.80. The molecule has 1 atom stereocenters. The van der Waals surface area contributed by atoms with Gasteiger partial charge in [0, 0.05) is 17.7 Å². The zero-order valence-corrected chi connectivity index (χ0v) is 10.4. The van der Waals surface area contributed by atoms with E-state index in [0.29, 0.717) is 0 Å². The molecule has 0 radical (unpaired) electrons. The molecule has 1 N–H and O–H groups in total. The fourth-order valence-corrected chi connectivity index (χ4v) is 1.41. The highest BCUT2D eigenvalue weighted by Gasteiger charge is 2.18. The molecule has 0 fully saturated rings. The van der Waals surface area contributed by atoms with E-state index in [4.69, 9.17) is 0 Å². The number of hydrogen-bond donors (Lipinski definition) is 1. The highest BCUT2D eigenvalue weighted by molar-refractivity contribution is 5.16. The van der Waals surface area contributed by atoms with E-state index < -0.39 is 0 Å². The third-order valence-electron chi connectivity index (χ3n) is 2.51. The Balaban J connectivity index is 2.78. The third kappa shape index (κ3) is 3.34. The molecule has 0 bridgehead atoms. The standard InChI is InChI=1S/C12H22N2O/c1-9-8-11(12(3,4)5)13-14(9)7-6-10(2)15/h8,10,15H,6-7H2,1-5H3/t10-/m1/s1. The maximum atomic E-state index is 9.23. The van der Waals surface area contributed by atoms with E-state index in [9.17, 15) is 5.11 Å². The first-order valence-electron chi connectivity index (χ1n) is 5.53. The lowest BCUT2D eigenvalue weighted by molar-refractivity contribution is 0.176. The van der Waals surface area contributed by atoms with Crippen LogP contribution in [0.4, 0.5) is 0 Å². The van der Waals surface area contributed by atoms with Gasteiger partial charge in [-0.25, -0.2) is 0 Å². The highest BCUT2D eigenvalue weighted by atomic mass is 16.3. The summed E-state index contributed by atoms with van der Waals surface area (Å²) in [6, 6.07) is 2.13. The molecule has 3 nitrogen and oxygen atoms in total. The maximum absolute atomic E-state index is 9.23. The van der Waals surface area contributed by atoms with E-state index in [0.717, 1.165) is 18.7 Å². The van der Waals surface area contributed by atoms with Crippen molar-refractivity contribution < 1.29 is 5.11 Å². The zero-order chi connectivity index (χ0) is 11.6. The second-order valence-corrected chi connectivity index (χ2v) is 5.28. The second kappa shape index (κ2) is 4.35. The van der Waals surface area contributed by atoms with Crippen LogP contribution in [0.25, 0.3) is 0 Å². The zero-order valence-electron chi connectivity index (χ0n) is 10.4. The van der Waals surface area contributed by atoms with E-state index in [1.54, 1.807) is 0 Å². The minimum absolute atomic E-state index is 0.0981. The predicted molar refractivity (Wildman–Crippen MR) is 62.0 cm³/mol. The smallest absolute Gasteiger partial charge is 0.0680 e. The van der Waals surface area contributed by atoms with Crippen LogP contribution in [0.2, 0.25) is 0 Å². The van der Waals surface area contributed by atoms with Gasteiger partial charge in [-0.15, -0.1) is 0 Å². The summed E-state index contributed by atoms with van der Waals surface area (Å²) in [6.45, 7) is 11.1. The molecule has 0 saturated carbocycles. The van der Waals surface area contributed by atoms with Gasteiger partial charge in [0.2, 0.25) is 0 Å². The van der Waals surface area contributed by atoms with Gasteiger partial charge < -0.3 is 5.11 Å². The molecule has 3 heteroatoms. The van der Waals surface area contributed by atoms with Crippen molar-refractivity contribution in [2.75, 3.05) is 0 Å². The van der Waals surface area contributed by atoms with Gasteiger partial charge in [0.15, 0.2) is 0 Å². The monoisotopic (exact) mass is 210 g/mol. The van der Waals surface area contributed by atoms with Crippen molar-refractivity contribution in [3.63, 3.8) is 0 Å². The lowest BCUT2D eigenvalue weighted by atomic mass is 9.92. The quantitative estimate of drug-likeness (QED) is 0.831. The Morgan fingerprint density at radius 2 is 2.07 bits per heavy atom. The molecule has 1 rings (SSSR count). The fourth-order valence-electron chi connectivity index (χ4n) is 1.41. The first-order valence-corrected chi connectivity index (χ1v) is 5.53. The minimum atomic E-state index is -0.258. The Bertz CT molecular complexity index is 321. The molecule has 0 saturated heterocycles. The number of hydrogen-bond acceptors (Lipinski definition) is 2. The van der Waals surface area contributed by atoms with Gasteiger partial charge in [0.25, 0.3) is 0 Å². The third-order valence-corrected chi connectivity index (χ3v) is 2.51. The molecule has 0 amide bonds. The van der Waals surface area contributed by atoms with Gasteiger partial charge in [0.05, 0.1) is 11.8 Å². The summed E-state index contributed by atoms with van der Waals surface area (Å²) in [5.74, 6) is 0. The molecular formula is C12H22N2O. The summed E-state index contributed by atoms with van der Waals surface area (Å²) in [5, 5.41) is 13.8. The molecule has 0 aliphatic heterocycles. The van der Waals surface area contributed by atoms with Crippen molar-refractivity contribution in [2.45, 2.75) is 59.1 Å². The van der Waals surface area contributed by atoms with Crippen molar-refractivity contribution in [3.05, 3.63) is 17.5 Å². The number of aryl methyl sites for hydroxylation is 2. The summed E-state index contributed by atoms with van der Waals surface area (Å²) in [5.41, 5.74) is 2.38. The summed E-state index contributed by atoms with van der Waals surface area (Å²) >= 11 is 0. The van der Waals surface area contributed by atoms with Crippen LogP contribution in [-0.4, -0.2) is 21.0 Å². The fraction of sp³-hybridized carbons (Fsp3) is 0.750. The van der Waals surface area contributed by atoms with Gasteiger partial charge in [0.1, 0.15) is 0 Å². The summed E-state index contributed by atoms with van der Waals surface area (Å²) in [4.78, 5) is 0. The lowest BCUT2D eigenvalue weighted by Crippen LogP contribution is -2.14. The molecular weight excluding hydrogens is 188 g/mol. The molecule has 86 valence electrons. The van der Waals surface area contributed by atoms with Gasteiger partial charge in [-0.1, -0.05) is 20.8 Å². The largest absolute Gasteiger partial charge is 0.393 e. The van der Waals surface area contributed by atoms with E-state index in [1.165, 1.54) is 5.69 Å². The number of nitrogens with zero attached hydrogens (tertiary/aromatic N) is 2. The van der Waals surface area contributed by atoms with Crippen molar-refractivity contribution in [3.8, 4) is 0 Å². The minimum Gasteiger partial charge on any atom is -0.393 e. The number of aliphatic hydroxyl groups is 1. The van der Waals surface area contributed by atoms with Gasteiger partial charge in [-0.05, 0) is 26.3 Å². The lowest BCUT2D eigenvalue weighted by Gasteiger charge is -2.14. The average molecular weight is 210 g/mol. The van der Waals surface area contributed by atoms with Crippen LogP contribution >= 0.6 is 0 Å². The van der Waals surface area contributed by atoms with Crippen LogP contribution in [0.3, 0.4) is 0 Å². The van der Waals surface area contributed by atoms with E-state index in [-0.39, 0.29) is 11.5 Å². The van der Waals surface area contributed by atoms with Crippen LogP contribution in [0.15, 0.2) is 6.07 Å². The van der Waals surface area contributed by atoms with Gasteiger partial charge >= 0.3 is 0 Å². The van der Waals surface area contributed by atoms with Crippen molar-refractivity contribution in [2.24, 2.45) is 0 Å². The molecule has 0 aliphatic rings. The van der Waals surface area contributed by atoms with E-state index in [2.05, 4.69) is 38.9 Å². The van der Waals surface area contributed by atoms with Crippen LogP contribution in [-0.2, 0) is 12.0 Å². The molecule has 0 aromatic carbocycles. The molecule has 0 aliphatic carbocycles. The Morgan fingerprint density at radius 1 is 1.47 bits per heavy atom. The van der Waals surface area contributed by atoms with Crippen LogP contribution in [0.5, 0.6) is 0 Å². The molecule has 1 aromatic rings. The van der Waals surface area contributed by atoms with Crippen molar-refractivity contribution in [1.29, 1.82) is 0 Å². The first kappa shape index (κ1) is 12.2. The summed E-state index contributed by atoms with van der Waals surface area (Å²) in [7, 11) is 0. The summed E-state index contributed by atoms with van der Waals surface area (Å²) < 4.78 is 1.98. The van der Waals surface area contributed by atoms with Gasteiger partial charge in [-0.2, -0.15) is 5.10 Å². The number of aliphatic hydroxyl groups excluding tert-OH is 1. The molecule has 0 unspecified atom stereocenters. The molecule has 0 spiro atoms. The predicted octanol–water partition coefficient (Wildman–Crippen LogP) is 2.26. The SMILES string of the molecule is Cc1cc(C(C)(C)C)nn1CC[C@@H](C)O. The molecule has 1 aromatic heterocycles. The van der Waals surface area contributed by atoms with Crippen molar-refractivity contribution in [1.82, 2.24) is 9.78 Å². The Labute approximate surface area is 92.1 Å². The number of aromatic nitrogens is 2. The van der Waals surface area contributed by atoms with E-state index in [1.807, 2.05) is 11.6 Å². The normalized spacial score (nSPS) is 14.3. The second-order valence-electron chi connectivity index (χ2n) is 5.28. The topological polar surface area (TPSA) is 38.0 Å². The van der Waals surface area contributed by atoms with Crippen LogP contribution < -0.4 is 0 Å². The summed E-state index contributed by atoms with van der Waals surface area (Å²) in [6.07, 6.45) is 0.498. The van der Waals surface area contributed by atoms with Gasteiger partial charge in [-0.3, -0.25) is 4.68 Å². The van der Waals surface area contributed by atoms with Crippen LogP contribution in [0, 0.1) is 6.92 Å². The Hall–Kier alpha value is -0.830. The molecule has 1 heterocycles. The van der Waals surface area contributed by atoms with E-state index >= 15 is 0 Å². The molecule has 15 heavy (non-hydrogen) atoms. The maximum Gasteiger partial charge on any atom is 0.0680 e.